The standard InChI is InChI=1S/C15H17BrN4O3/c1-10-5-13(19-23-10)14(21)20-4-2-3-11(8-20)9-22-15-17-6-12(16)7-18-15/h5-7,11H,2-4,8-9H2,1H3. The van der Waals surface area contributed by atoms with E-state index >= 15 is 0 Å². The number of halogens is 1. The van der Waals surface area contributed by atoms with Crippen molar-refractivity contribution in [2.45, 2.75) is 19.8 Å². The summed E-state index contributed by atoms with van der Waals surface area (Å²) in [6.45, 7) is 3.63. The van der Waals surface area contributed by atoms with Crippen molar-refractivity contribution < 1.29 is 14.1 Å². The van der Waals surface area contributed by atoms with Crippen LogP contribution in [0.1, 0.15) is 29.1 Å². The number of aromatic nitrogens is 3. The van der Waals surface area contributed by atoms with Crippen LogP contribution in [0.2, 0.25) is 0 Å². The van der Waals surface area contributed by atoms with E-state index in [1.54, 1.807) is 30.3 Å². The van der Waals surface area contributed by atoms with Crippen LogP contribution in [0.3, 0.4) is 0 Å². The van der Waals surface area contributed by atoms with Gasteiger partial charge < -0.3 is 14.2 Å². The SMILES string of the molecule is Cc1cc(C(=O)N2CCCC(COc3ncc(Br)cn3)C2)no1. The first-order chi connectivity index (χ1) is 11.1. The van der Waals surface area contributed by atoms with E-state index in [-0.39, 0.29) is 11.8 Å². The molecule has 1 aliphatic rings. The fraction of sp³-hybridized carbons (Fsp3) is 0.467. The average Bonchev–Trinajstić information content (AvgIpc) is 3.00. The number of rotatable bonds is 4. The second kappa shape index (κ2) is 7.08. The maximum atomic E-state index is 12.4. The van der Waals surface area contributed by atoms with Gasteiger partial charge in [-0.25, -0.2) is 9.97 Å². The van der Waals surface area contributed by atoms with E-state index in [9.17, 15) is 4.79 Å². The van der Waals surface area contributed by atoms with Crippen LogP contribution in [0.4, 0.5) is 0 Å². The molecule has 0 saturated carbocycles. The van der Waals surface area contributed by atoms with E-state index in [4.69, 9.17) is 9.26 Å². The van der Waals surface area contributed by atoms with Gasteiger partial charge in [0.25, 0.3) is 5.91 Å². The van der Waals surface area contributed by atoms with Crippen molar-refractivity contribution in [1.29, 1.82) is 0 Å². The van der Waals surface area contributed by atoms with Crippen LogP contribution >= 0.6 is 15.9 Å². The van der Waals surface area contributed by atoms with Gasteiger partial charge in [-0.05, 0) is 35.7 Å². The van der Waals surface area contributed by atoms with E-state index in [0.29, 0.717) is 30.6 Å². The first-order valence-corrected chi connectivity index (χ1v) is 8.24. The first-order valence-electron chi connectivity index (χ1n) is 7.45. The third-order valence-electron chi connectivity index (χ3n) is 3.70. The van der Waals surface area contributed by atoms with Gasteiger partial charge in [-0.3, -0.25) is 4.79 Å². The summed E-state index contributed by atoms with van der Waals surface area (Å²) >= 11 is 3.28. The molecule has 0 aromatic carbocycles. The summed E-state index contributed by atoms with van der Waals surface area (Å²) in [7, 11) is 0. The van der Waals surface area contributed by atoms with Crippen molar-refractivity contribution in [3.63, 3.8) is 0 Å². The third-order valence-corrected chi connectivity index (χ3v) is 4.11. The predicted molar refractivity (Wildman–Crippen MR) is 85.1 cm³/mol. The zero-order valence-electron chi connectivity index (χ0n) is 12.7. The molecule has 8 heteroatoms. The summed E-state index contributed by atoms with van der Waals surface area (Å²) in [6.07, 6.45) is 5.24. The molecule has 3 rings (SSSR count). The number of hydrogen-bond acceptors (Lipinski definition) is 6. The predicted octanol–water partition coefficient (Wildman–Crippen LogP) is 2.47. The normalized spacial score (nSPS) is 18.0. The highest BCUT2D eigenvalue weighted by Gasteiger charge is 2.26. The van der Waals surface area contributed by atoms with E-state index in [2.05, 4.69) is 31.1 Å². The number of aryl methyl sites for hydroxylation is 1. The fourth-order valence-corrected chi connectivity index (χ4v) is 2.79. The topological polar surface area (TPSA) is 81.4 Å². The lowest BCUT2D eigenvalue weighted by Gasteiger charge is -2.31. The maximum absolute atomic E-state index is 12.4. The second-order valence-electron chi connectivity index (χ2n) is 5.58. The van der Waals surface area contributed by atoms with Crippen molar-refractivity contribution >= 4 is 21.8 Å². The van der Waals surface area contributed by atoms with Crippen molar-refractivity contribution in [3.05, 3.63) is 34.4 Å². The Bertz CT molecular complexity index is 674. The number of likely N-dealkylation sites (tertiary alicyclic amines) is 1. The van der Waals surface area contributed by atoms with Gasteiger partial charge in [-0.2, -0.15) is 0 Å². The molecule has 1 atom stereocenters. The maximum Gasteiger partial charge on any atom is 0.316 e. The Balaban J connectivity index is 1.55. The summed E-state index contributed by atoms with van der Waals surface area (Å²) in [6, 6.07) is 2.02. The Morgan fingerprint density at radius 2 is 2.26 bits per heavy atom. The van der Waals surface area contributed by atoms with Gasteiger partial charge in [0, 0.05) is 37.5 Å². The molecule has 2 aromatic heterocycles. The van der Waals surface area contributed by atoms with Crippen LogP contribution in [0.5, 0.6) is 6.01 Å². The zero-order chi connectivity index (χ0) is 16.2. The van der Waals surface area contributed by atoms with Gasteiger partial charge >= 0.3 is 6.01 Å². The van der Waals surface area contributed by atoms with Crippen LogP contribution in [0.25, 0.3) is 0 Å². The molecule has 0 radical (unpaired) electrons. The van der Waals surface area contributed by atoms with Crippen LogP contribution in [0.15, 0.2) is 27.5 Å². The Labute approximate surface area is 142 Å². The van der Waals surface area contributed by atoms with Crippen molar-refractivity contribution in [2.24, 2.45) is 5.92 Å². The number of carbonyl (C=O) groups excluding carboxylic acids is 1. The van der Waals surface area contributed by atoms with Gasteiger partial charge in [-0.1, -0.05) is 5.16 Å². The van der Waals surface area contributed by atoms with Crippen LogP contribution in [0, 0.1) is 12.8 Å². The van der Waals surface area contributed by atoms with E-state index in [1.165, 1.54) is 0 Å². The molecular formula is C15H17BrN4O3. The number of nitrogens with zero attached hydrogens (tertiary/aromatic N) is 4. The van der Waals surface area contributed by atoms with E-state index in [1.807, 2.05) is 0 Å². The molecule has 0 spiro atoms. The molecule has 1 amide bonds. The van der Waals surface area contributed by atoms with Crippen molar-refractivity contribution in [3.8, 4) is 6.01 Å². The summed E-state index contributed by atoms with van der Waals surface area (Å²) < 4.78 is 11.4. The minimum absolute atomic E-state index is 0.0913. The molecule has 1 saturated heterocycles. The Hall–Kier alpha value is -1.96. The third kappa shape index (κ3) is 4.07. The molecule has 23 heavy (non-hydrogen) atoms. The summed E-state index contributed by atoms with van der Waals surface area (Å²) in [5.74, 6) is 0.803. The van der Waals surface area contributed by atoms with Gasteiger partial charge in [0.05, 0.1) is 11.1 Å². The molecule has 0 aliphatic carbocycles. The van der Waals surface area contributed by atoms with Gasteiger partial charge in [0.15, 0.2) is 5.69 Å². The largest absolute Gasteiger partial charge is 0.463 e. The summed E-state index contributed by atoms with van der Waals surface area (Å²) in [5.41, 5.74) is 0.361. The average molecular weight is 381 g/mol. The zero-order valence-corrected chi connectivity index (χ0v) is 14.3. The lowest BCUT2D eigenvalue weighted by atomic mass is 9.99. The number of amides is 1. The minimum Gasteiger partial charge on any atom is -0.463 e. The second-order valence-corrected chi connectivity index (χ2v) is 6.49. The van der Waals surface area contributed by atoms with E-state index < -0.39 is 0 Å². The summed E-state index contributed by atoms with van der Waals surface area (Å²) in [4.78, 5) is 22.4. The lowest BCUT2D eigenvalue weighted by molar-refractivity contribution is 0.0618. The molecule has 1 fully saturated rings. The highest BCUT2D eigenvalue weighted by molar-refractivity contribution is 9.10. The quantitative estimate of drug-likeness (QED) is 0.810. The van der Waals surface area contributed by atoms with Gasteiger partial charge in [0.1, 0.15) is 5.76 Å². The molecule has 1 unspecified atom stereocenters. The number of ether oxygens (including phenoxy) is 1. The molecule has 7 nitrogen and oxygen atoms in total. The summed E-state index contributed by atoms with van der Waals surface area (Å²) in [5, 5.41) is 3.80. The lowest BCUT2D eigenvalue weighted by Crippen LogP contribution is -2.41. The van der Waals surface area contributed by atoms with Crippen molar-refractivity contribution in [2.75, 3.05) is 19.7 Å². The number of piperidine rings is 1. The Kier molecular flexibility index (Phi) is 4.90. The number of carbonyl (C=O) groups is 1. The molecule has 1 aliphatic heterocycles. The minimum atomic E-state index is -0.0913. The monoisotopic (exact) mass is 380 g/mol. The van der Waals surface area contributed by atoms with E-state index in [0.717, 1.165) is 23.9 Å². The van der Waals surface area contributed by atoms with Crippen molar-refractivity contribution in [1.82, 2.24) is 20.0 Å². The number of hydrogen-bond donors (Lipinski definition) is 0. The molecule has 2 aromatic rings. The fourth-order valence-electron chi connectivity index (χ4n) is 2.58. The highest BCUT2D eigenvalue weighted by atomic mass is 79.9. The van der Waals surface area contributed by atoms with Crippen LogP contribution in [-0.4, -0.2) is 45.6 Å². The molecular weight excluding hydrogens is 364 g/mol. The van der Waals surface area contributed by atoms with Crippen LogP contribution < -0.4 is 4.74 Å². The van der Waals surface area contributed by atoms with Gasteiger partial charge in [-0.15, -0.1) is 0 Å². The van der Waals surface area contributed by atoms with Gasteiger partial charge in [0.2, 0.25) is 0 Å². The molecule has 3 heterocycles. The Morgan fingerprint density at radius 1 is 1.48 bits per heavy atom. The Morgan fingerprint density at radius 3 is 2.96 bits per heavy atom. The molecule has 122 valence electrons. The smallest absolute Gasteiger partial charge is 0.316 e. The molecule has 0 N–H and O–H groups in total. The first kappa shape index (κ1) is 15.9. The highest BCUT2D eigenvalue weighted by Crippen LogP contribution is 2.19. The van der Waals surface area contributed by atoms with Crippen LogP contribution in [-0.2, 0) is 0 Å². The molecule has 0 bridgehead atoms.